The number of rotatable bonds is 9. The van der Waals surface area contributed by atoms with Crippen molar-refractivity contribution in [1.29, 1.82) is 0 Å². The normalized spacial score (nSPS) is 19.2. The first-order chi connectivity index (χ1) is 24.1. The molecule has 0 saturated heterocycles. The second kappa shape index (κ2) is 12.6. The summed E-state index contributed by atoms with van der Waals surface area (Å²) in [7, 11) is 2.14. The number of nitrogens with zero attached hydrogens (tertiary/aromatic N) is 2. The minimum absolute atomic E-state index is 0.0262. The molecular weight excluding hydrogens is 593 g/mol. The van der Waals surface area contributed by atoms with Crippen molar-refractivity contribution in [2.24, 2.45) is 11.3 Å². The average Bonchev–Trinajstić information content (AvgIpc) is 3.93. The van der Waals surface area contributed by atoms with E-state index in [0.29, 0.717) is 5.92 Å². The van der Waals surface area contributed by atoms with E-state index in [0.717, 1.165) is 24.2 Å². The highest BCUT2D eigenvalue weighted by atomic mass is 15.2. The van der Waals surface area contributed by atoms with E-state index in [1.807, 2.05) is 12.2 Å². The number of allylic oxidation sites excluding steroid dienone is 10. The van der Waals surface area contributed by atoms with Crippen LogP contribution in [-0.2, 0) is 6.42 Å². The summed E-state index contributed by atoms with van der Waals surface area (Å²) < 4.78 is 0. The van der Waals surface area contributed by atoms with Gasteiger partial charge in [-0.3, -0.25) is 0 Å². The van der Waals surface area contributed by atoms with E-state index < -0.39 is 0 Å². The van der Waals surface area contributed by atoms with E-state index >= 15 is 0 Å². The zero-order chi connectivity index (χ0) is 33.4. The van der Waals surface area contributed by atoms with Crippen molar-refractivity contribution in [2.45, 2.75) is 12.8 Å². The molecule has 2 unspecified atom stereocenters. The fraction of sp³-hybridized carbons (Fsp3) is 0.106. The number of hydrogen-bond donors (Lipinski definition) is 0. The molecule has 2 heteroatoms. The van der Waals surface area contributed by atoms with Gasteiger partial charge in [-0.15, -0.1) is 0 Å². The smallest absolute Gasteiger partial charge is 0.0536 e. The van der Waals surface area contributed by atoms with Gasteiger partial charge in [-0.05, 0) is 88.9 Å². The van der Waals surface area contributed by atoms with Gasteiger partial charge in [0.1, 0.15) is 0 Å². The molecule has 3 aliphatic carbocycles. The third kappa shape index (κ3) is 5.50. The molecule has 2 nitrogen and oxygen atoms in total. The van der Waals surface area contributed by atoms with Crippen LogP contribution in [0.5, 0.6) is 0 Å². The summed E-state index contributed by atoms with van der Waals surface area (Å²) in [6.07, 6.45) is 21.9. The lowest BCUT2D eigenvalue weighted by atomic mass is 9.88. The molecule has 5 aromatic carbocycles. The van der Waals surface area contributed by atoms with Crippen molar-refractivity contribution in [3.8, 4) is 11.1 Å². The number of anilines is 3. The van der Waals surface area contributed by atoms with E-state index in [1.54, 1.807) is 0 Å². The number of hydrogen-bond acceptors (Lipinski definition) is 2. The van der Waals surface area contributed by atoms with Crippen LogP contribution >= 0.6 is 0 Å². The SMILES string of the molecule is C=C/C=C(\C=C)C12C=CC(N(C3=CC=CCc4ccccc43)c3ccc(-c4ccc(N(C)c5cccc6ccccc56)cc4)cc3)=CC1C2. The Hall–Kier alpha value is -5.86. The highest BCUT2D eigenvalue weighted by Gasteiger charge is 2.54. The Kier molecular flexibility index (Phi) is 7.86. The Morgan fingerprint density at radius 1 is 0.796 bits per heavy atom. The van der Waals surface area contributed by atoms with Gasteiger partial charge in [0.2, 0.25) is 0 Å². The summed E-state index contributed by atoms with van der Waals surface area (Å²) >= 11 is 0. The summed E-state index contributed by atoms with van der Waals surface area (Å²) in [6.45, 7) is 8.05. The number of benzene rings is 5. The van der Waals surface area contributed by atoms with Gasteiger partial charge >= 0.3 is 0 Å². The summed E-state index contributed by atoms with van der Waals surface area (Å²) in [5.74, 6) is 0.432. The minimum atomic E-state index is 0.0262. The largest absolute Gasteiger partial charge is 0.344 e. The quantitative estimate of drug-likeness (QED) is 0.149. The monoisotopic (exact) mass is 632 g/mol. The summed E-state index contributed by atoms with van der Waals surface area (Å²) in [6, 6.07) is 41.8. The van der Waals surface area contributed by atoms with E-state index in [1.165, 1.54) is 55.7 Å². The number of fused-ring (bicyclic) bond motifs is 3. The van der Waals surface area contributed by atoms with Crippen LogP contribution < -0.4 is 9.80 Å². The highest BCUT2D eigenvalue weighted by Crippen LogP contribution is 2.62. The Bertz CT molecular complexity index is 2220. The Balaban J connectivity index is 1.12. The van der Waals surface area contributed by atoms with Crippen LogP contribution in [0.4, 0.5) is 17.1 Å². The van der Waals surface area contributed by atoms with Gasteiger partial charge in [0, 0.05) is 46.2 Å². The zero-order valence-corrected chi connectivity index (χ0v) is 28.0. The molecule has 0 N–H and O–H groups in total. The molecular formula is C47H40N2. The van der Waals surface area contributed by atoms with Crippen molar-refractivity contribution in [3.05, 3.63) is 206 Å². The summed E-state index contributed by atoms with van der Waals surface area (Å²) in [4.78, 5) is 4.70. The lowest BCUT2D eigenvalue weighted by Gasteiger charge is -2.32. The minimum Gasteiger partial charge on any atom is -0.344 e. The van der Waals surface area contributed by atoms with E-state index in [2.05, 4.69) is 188 Å². The van der Waals surface area contributed by atoms with Gasteiger partial charge in [-0.2, -0.15) is 0 Å². The molecule has 238 valence electrons. The van der Waals surface area contributed by atoms with Gasteiger partial charge in [0.25, 0.3) is 0 Å². The van der Waals surface area contributed by atoms with Crippen molar-refractivity contribution in [2.75, 3.05) is 16.8 Å². The topological polar surface area (TPSA) is 6.48 Å². The molecule has 0 aliphatic heterocycles. The molecule has 1 saturated carbocycles. The average molecular weight is 633 g/mol. The second-order valence-electron chi connectivity index (χ2n) is 13.2. The first kappa shape index (κ1) is 30.5. The second-order valence-corrected chi connectivity index (χ2v) is 13.2. The summed E-state index contributed by atoms with van der Waals surface area (Å²) in [5, 5.41) is 2.50. The lowest BCUT2D eigenvalue weighted by Crippen LogP contribution is -2.22. The molecule has 0 spiro atoms. The molecule has 0 heterocycles. The third-order valence-corrected chi connectivity index (χ3v) is 10.4. The lowest BCUT2D eigenvalue weighted by molar-refractivity contribution is 0.738. The van der Waals surface area contributed by atoms with E-state index in [9.17, 15) is 0 Å². The molecule has 5 aromatic rings. The van der Waals surface area contributed by atoms with Crippen LogP contribution in [0, 0.1) is 11.3 Å². The van der Waals surface area contributed by atoms with E-state index in [4.69, 9.17) is 0 Å². The van der Waals surface area contributed by atoms with Gasteiger partial charge in [0.05, 0.1) is 5.70 Å². The molecule has 0 aromatic heterocycles. The van der Waals surface area contributed by atoms with Gasteiger partial charge < -0.3 is 9.80 Å². The van der Waals surface area contributed by atoms with Crippen LogP contribution in [0.3, 0.4) is 0 Å². The van der Waals surface area contributed by atoms with E-state index in [-0.39, 0.29) is 5.41 Å². The van der Waals surface area contributed by atoms with Crippen molar-refractivity contribution in [1.82, 2.24) is 0 Å². The van der Waals surface area contributed by atoms with Crippen molar-refractivity contribution in [3.63, 3.8) is 0 Å². The van der Waals surface area contributed by atoms with Gasteiger partial charge in [0.15, 0.2) is 0 Å². The molecule has 1 fully saturated rings. The fourth-order valence-electron chi connectivity index (χ4n) is 7.65. The first-order valence-corrected chi connectivity index (χ1v) is 17.1. The first-order valence-electron chi connectivity index (χ1n) is 17.1. The fourth-order valence-corrected chi connectivity index (χ4v) is 7.65. The van der Waals surface area contributed by atoms with Crippen LogP contribution in [0.15, 0.2) is 194 Å². The van der Waals surface area contributed by atoms with Crippen molar-refractivity contribution >= 4 is 33.5 Å². The van der Waals surface area contributed by atoms with Crippen LogP contribution in [-0.4, -0.2) is 7.05 Å². The summed E-state index contributed by atoms with van der Waals surface area (Å²) in [5.41, 5.74) is 12.1. The molecule has 0 bridgehead atoms. The molecule has 0 radical (unpaired) electrons. The van der Waals surface area contributed by atoms with Gasteiger partial charge in [-0.1, -0.05) is 141 Å². The van der Waals surface area contributed by atoms with Gasteiger partial charge in [-0.25, -0.2) is 0 Å². The maximum Gasteiger partial charge on any atom is 0.0536 e. The predicted molar refractivity (Wildman–Crippen MR) is 210 cm³/mol. The highest BCUT2D eigenvalue weighted by molar-refractivity contribution is 5.96. The van der Waals surface area contributed by atoms with Crippen molar-refractivity contribution < 1.29 is 0 Å². The Labute approximate surface area is 290 Å². The Morgan fingerprint density at radius 3 is 2.27 bits per heavy atom. The predicted octanol–water partition coefficient (Wildman–Crippen LogP) is 12.0. The maximum atomic E-state index is 4.11. The zero-order valence-electron chi connectivity index (χ0n) is 28.0. The van der Waals surface area contributed by atoms with Crippen LogP contribution in [0.1, 0.15) is 17.5 Å². The molecule has 49 heavy (non-hydrogen) atoms. The van der Waals surface area contributed by atoms with Crippen LogP contribution in [0.2, 0.25) is 0 Å². The van der Waals surface area contributed by atoms with Crippen LogP contribution in [0.25, 0.3) is 27.6 Å². The molecule has 0 amide bonds. The third-order valence-electron chi connectivity index (χ3n) is 10.4. The molecule has 2 atom stereocenters. The molecule has 8 rings (SSSR count). The maximum absolute atomic E-state index is 4.11. The Morgan fingerprint density at radius 2 is 1.51 bits per heavy atom. The standard InChI is InChI=1S/C47H40N2/c1-4-13-38(5-2)47-31-30-42(32-39(47)33-47)49(46-20-11-8-16-36-14-7-10-19-44(36)46)41-28-24-35(25-29-41)34-22-26-40(27-23-34)48(3)45-21-12-17-37-15-6-9-18-43(37)45/h4-15,17-32,39H,1-2,16,33H2,3H3/b38-13+. The molecule has 3 aliphatic rings.